The van der Waals surface area contributed by atoms with E-state index < -0.39 is 29.6 Å². The van der Waals surface area contributed by atoms with Gasteiger partial charge in [0.05, 0.1) is 64.7 Å². The van der Waals surface area contributed by atoms with Gasteiger partial charge in [-0.3, -0.25) is 29.0 Å². The van der Waals surface area contributed by atoms with Crippen LogP contribution in [0, 0.1) is 0 Å². The van der Waals surface area contributed by atoms with Gasteiger partial charge in [0.15, 0.2) is 11.2 Å². The lowest BCUT2D eigenvalue weighted by Crippen LogP contribution is -2.41. The number of anilines is 2. The number of nitrogens with zero attached hydrogens (tertiary/aromatic N) is 3. The zero-order valence-electron chi connectivity index (χ0n) is 69.0. The molecule has 2 heterocycles. The number of carboxylic acids is 1. The second-order valence-electron chi connectivity index (χ2n) is 30.0. The number of nitrogens with two attached hydrogens (primary N) is 1. The van der Waals surface area contributed by atoms with Crippen LogP contribution in [0.1, 0.15) is 345 Å². The number of carboxylic acid groups (broad SMARTS) is 1. The standard InChI is InChI=1S/C87H150N8O16/c1-3-5-7-9-11-13-15-17-19-21-23-25-27-29-31-39-60-109-71-79(110-62-40-32-30-28-26-24-22-20-18-16-14-12-10-8-6-4-2)72-111-87(103)89-56-38-33-34-45-76(96)46-35-41-57-104-63-64-107-61-44-49-77(97)47-36-42-58-105-65-67-108-68-66-106-59-43-37-48-78(98)54-55-80(85(101)102)93-83(99)73-50-52-74(53-51-73)90-69-75-70-91-82-81(92-75)84(100)95-86(88)94-82/h50-53,70,79-80,90H,3-49,54-69,71-72H2,1-2H3,(H,89,103)(H,93,99)(H,101,102)(H3,88,91,94,95,100)/t79-,80+/m0/s1. The predicted octanol–water partition coefficient (Wildman–Crippen LogP) is 18.2. The number of ether oxygens (including phenoxy) is 8. The van der Waals surface area contributed by atoms with Crippen LogP contribution in [-0.4, -0.2) is 172 Å². The summed E-state index contributed by atoms with van der Waals surface area (Å²) in [6.45, 7) is 11.9. The number of H-pyrrole nitrogens is 1. The Kier molecular flexibility index (Phi) is 64.1. The molecule has 0 aliphatic heterocycles. The summed E-state index contributed by atoms with van der Waals surface area (Å²) in [5, 5.41) is 18.3. The molecule has 0 radical (unpaired) electrons. The van der Waals surface area contributed by atoms with Crippen molar-refractivity contribution in [2.24, 2.45) is 0 Å². The zero-order chi connectivity index (χ0) is 79.8. The summed E-state index contributed by atoms with van der Waals surface area (Å²) in [6, 6.07) is 5.13. The fourth-order valence-electron chi connectivity index (χ4n) is 13.0. The van der Waals surface area contributed by atoms with Crippen LogP contribution in [0.15, 0.2) is 35.3 Å². The monoisotopic (exact) mass is 1560 g/mol. The molecule has 24 heteroatoms. The first-order chi connectivity index (χ1) is 54.4. The molecule has 1 aromatic carbocycles. The Morgan fingerprint density at radius 2 is 0.847 bits per heavy atom. The number of benzene rings is 1. The molecule has 7 N–H and O–H groups in total. The normalized spacial score (nSPS) is 12.0. The molecule has 3 rings (SSSR count). The zero-order valence-corrected chi connectivity index (χ0v) is 69.0. The number of alkyl carbamates (subject to hydrolysis) is 1. The number of aromatic amines is 1. The molecule has 2 amide bonds. The van der Waals surface area contributed by atoms with Gasteiger partial charge in [0.25, 0.3) is 11.5 Å². The highest BCUT2D eigenvalue weighted by Crippen LogP contribution is 2.19. The average molecular weight is 1560 g/mol. The van der Waals surface area contributed by atoms with E-state index in [0.717, 1.165) is 64.2 Å². The first-order valence-electron chi connectivity index (χ1n) is 43.8. The van der Waals surface area contributed by atoms with Crippen LogP contribution in [0.2, 0.25) is 0 Å². The van der Waals surface area contributed by atoms with Gasteiger partial charge in [0.1, 0.15) is 36.1 Å². The molecule has 0 bridgehead atoms. The number of carbonyl (C=O) groups is 6. The lowest BCUT2D eigenvalue weighted by Gasteiger charge is -2.18. The van der Waals surface area contributed by atoms with Crippen molar-refractivity contribution in [2.45, 2.75) is 347 Å². The molecule has 0 aliphatic rings. The van der Waals surface area contributed by atoms with Crippen molar-refractivity contribution in [3.63, 3.8) is 0 Å². The Labute approximate surface area is 666 Å². The van der Waals surface area contributed by atoms with Crippen molar-refractivity contribution in [3.8, 4) is 0 Å². The third kappa shape index (κ3) is 58.5. The topological polar surface area (TPSA) is 330 Å². The summed E-state index contributed by atoms with van der Waals surface area (Å²) in [5.41, 5.74) is 6.60. The second-order valence-corrected chi connectivity index (χ2v) is 30.0. The van der Waals surface area contributed by atoms with Crippen molar-refractivity contribution < 1.29 is 71.8 Å². The van der Waals surface area contributed by atoms with Gasteiger partial charge in [-0.15, -0.1) is 0 Å². The number of aliphatic carboxylic acids is 1. The predicted molar refractivity (Wildman–Crippen MR) is 442 cm³/mol. The molecule has 2 aromatic heterocycles. The minimum Gasteiger partial charge on any atom is -0.480 e. The Balaban J connectivity index is 1.06. The Morgan fingerprint density at radius 3 is 1.32 bits per heavy atom. The maximum Gasteiger partial charge on any atom is 0.407 e. The molecule has 0 saturated carbocycles. The first-order valence-corrected chi connectivity index (χ1v) is 43.8. The van der Waals surface area contributed by atoms with Crippen LogP contribution >= 0.6 is 0 Å². The van der Waals surface area contributed by atoms with Gasteiger partial charge >= 0.3 is 12.1 Å². The molecule has 0 fully saturated rings. The van der Waals surface area contributed by atoms with E-state index in [1.54, 1.807) is 12.1 Å². The minimum absolute atomic E-state index is 0.00791. The summed E-state index contributed by atoms with van der Waals surface area (Å²) >= 11 is 0. The number of nitrogen functional groups attached to an aromatic ring is 1. The maximum atomic E-state index is 12.9. The molecule has 0 spiro atoms. The number of hydrogen-bond donors (Lipinski definition) is 6. The second kappa shape index (κ2) is 71.7. The van der Waals surface area contributed by atoms with Gasteiger partial charge < -0.3 is 64.7 Å². The molecule has 3 aromatic rings. The Hall–Kier alpha value is -6.02. The van der Waals surface area contributed by atoms with Gasteiger partial charge in [-0.2, -0.15) is 4.98 Å². The number of aromatic nitrogens is 4. The summed E-state index contributed by atoms with van der Waals surface area (Å²) < 4.78 is 46.2. The minimum atomic E-state index is -1.24. The average Bonchev–Trinajstić information content (AvgIpc) is 0.812. The van der Waals surface area contributed by atoms with Crippen LogP contribution < -0.4 is 27.2 Å². The number of nitrogens with one attached hydrogen (secondary N) is 4. The van der Waals surface area contributed by atoms with E-state index in [4.69, 9.17) is 43.6 Å². The molecule has 24 nitrogen and oxygen atoms in total. The molecule has 634 valence electrons. The molecule has 0 aliphatic carbocycles. The third-order valence-corrected chi connectivity index (χ3v) is 19.9. The first kappa shape index (κ1) is 99.2. The third-order valence-electron chi connectivity index (χ3n) is 19.9. The summed E-state index contributed by atoms with van der Waals surface area (Å²) in [5.74, 6) is -1.50. The summed E-state index contributed by atoms with van der Waals surface area (Å²) in [6.07, 6.45) is 53.3. The van der Waals surface area contributed by atoms with Crippen molar-refractivity contribution in [1.82, 2.24) is 30.6 Å². The van der Waals surface area contributed by atoms with Gasteiger partial charge in [0, 0.05) is 96.0 Å². The molecule has 0 saturated heterocycles. The molecule has 111 heavy (non-hydrogen) atoms. The summed E-state index contributed by atoms with van der Waals surface area (Å²) in [4.78, 5) is 102. The molecule has 0 unspecified atom stereocenters. The lowest BCUT2D eigenvalue weighted by atomic mass is 10.0. The van der Waals surface area contributed by atoms with Crippen LogP contribution in [-0.2, 0) is 63.6 Å². The van der Waals surface area contributed by atoms with E-state index in [2.05, 4.69) is 49.7 Å². The highest BCUT2D eigenvalue weighted by Gasteiger charge is 2.22. The van der Waals surface area contributed by atoms with E-state index in [9.17, 15) is 38.7 Å². The smallest absolute Gasteiger partial charge is 0.407 e. The van der Waals surface area contributed by atoms with Crippen molar-refractivity contribution in [2.75, 3.05) is 110 Å². The number of fused-ring (bicyclic) bond motifs is 1. The molecular formula is C87H150N8O16. The quantitative estimate of drug-likeness (QED) is 0.0286. The van der Waals surface area contributed by atoms with E-state index >= 15 is 0 Å². The van der Waals surface area contributed by atoms with Crippen LogP contribution in [0.3, 0.4) is 0 Å². The van der Waals surface area contributed by atoms with Crippen molar-refractivity contribution >= 4 is 58.1 Å². The number of unbranched alkanes of at least 4 members (excludes halogenated alkanes) is 35. The highest BCUT2D eigenvalue weighted by molar-refractivity contribution is 5.97. The number of Topliss-reactive ketones (excluding diaryl/α,β-unsaturated/α-hetero) is 3. The lowest BCUT2D eigenvalue weighted by molar-refractivity contribution is -0.139. The number of rotatable bonds is 82. The number of hydrogen-bond acceptors (Lipinski definition) is 20. The fraction of sp³-hybridized carbons (Fsp3) is 0.793. The largest absolute Gasteiger partial charge is 0.480 e. The van der Waals surface area contributed by atoms with Gasteiger partial charge in [-0.25, -0.2) is 19.6 Å². The maximum absolute atomic E-state index is 12.9. The highest BCUT2D eigenvalue weighted by atomic mass is 16.6. The Morgan fingerprint density at radius 1 is 0.450 bits per heavy atom. The van der Waals surface area contributed by atoms with Gasteiger partial charge in [-0.1, -0.05) is 213 Å². The molecule has 2 atom stereocenters. The van der Waals surface area contributed by atoms with E-state index in [-0.39, 0.29) is 78.5 Å². The van der Waals surface area contributed by atoms with Crippen LogP contribution in [0.4, 0.5) is 16.4 Å². The molecular weight excluding hydrogens is 1410 g/mol. The van der Waals surface area contributed by atoms with E-state index in [1.165, 1.54) is 205 Å². The number of amides is 2. The number of carbonyl (C=O) groups excluding carboxylic acids is 5. The van der Waals surface area contributed by atoms with E-state index in [0.29, 0.717) is 149 Å². The summed E-state index contributed by atoms with van der Waals surface area (Å²) in [7, 11) is 0. The van der Waals surface area contributed by atoms with Crippen molar-refractivity contribution in [3.05, 3.63) is 52.1 Å². The van der Waals surface area contributed by atoms with Crippen LogP contribution in [0.5, 0.6) is 0 Å². The van der Waals surface area contributed by atoms with Gasteiger partial charge in [-0.05, 0) is 101 Å². The van der Waals surface area contributed by atoms with Crippen molar-refractivity contribution in [1.29, 1.82) is 0 Å². The number of ketones is 3. The van der Waals surface area contributed by atoms with Crippen LogP contribution in [0.25, 0.3) is 11.2 Å². The SMILES string of the molecule is CCCCCCCCCCCCCCCCCCOC[C@@H](COC(=O)NCCCCCC(=O)CCCCOCCOCCCC(=O)CCCCOCCOCCOCCCCC(=O)CC[C@@H](NC(=O)c1ccc(NCc2cnc3nc(N)[nH]c(=O)c3n2)cc1)C(=O)O)OCCCCCCCCCCCCCCCCCC. The Bertz CT molecular complexity index is 2850. The van der Waals surface area contributed by atoms with Gasteiger partial charge in [0.2, 0.25) is 5.95 Å². The fourth-order valence-corrected chi connectivity index (χ4v) is 13.0. The van der Waals surface area contributed by atoms with E-state index in [1.807, 2.05) is 0 Å².